The Kier molecular flexibility index (Phi) is 7.48. The van der Waals surface area contributed by atoms with Gasteiger partial charge in [-0.25, -0.2) is 0 Å². The zero-order valence-electron chi connectivity index (χ0n) is 11.0. The zero-order valence-corrected chi connectivity index (χ0v) is 14.1. The SMILES string of the molecule is CC(Sc1cc(Cl)ccc1Cl)C(=O)NCC1CNC1.Cl. The Bertz CT molecular complexity index is 469. The Morgan fingerprint density at radius 2 is 2.20 bits per heavy atom. The molecule has 112 valence electrons. The molecule has 0 radical (unpaired) electrons. The van der Waals surface area contributed by atoms with Gasteiger partial charge in [0.05, 0.1) is 10.3 Å². The average Bonchev–Trinajstić information content (AvgIpc) is 2.31. The Balaban J connectivity index is 0.00000200. The monoisotopic (exact) mass is 354 g/mol. The number of hydrogen-bond acceptors (Lipinski definition) is 3. The van der Waals surface area contributed by atoms with Gasteiger partial charge in [0.1, 0.15) is 0 Å². The number of benzene rings is 1. The third-order valence-corrected chi connectivity index (χ3v) is 4.83. The highest BCUT2D eigenvalue weighted by Gasteiger charge is 2.20. The summed E-state index contributed by atoms with van der Waals surface area (Å²) in [5, 5.41) is 7.20. The van der Waals surface area contributed by atoms with Crippen LogP contribution in [0.2, 0.25) is 10.0 Å². The smallest absolute Gasteiger partial charge is 0.233 e. The fraction of sp³-hybridized carbons (Fsp3) is 0.462. The van der Waals surface area contributed by atoms with Crippen LogP contribution in [0.5, 0.6) is 0 Å². The molecule has 1 amide bonds. The summed E-state index contributed by atoms with van der Waals surface area (Å²) in [4.78, 5) is 12.8. The number of halogens is 3. The summed E-state index contributed by atoms with van der Waals surface area (Å²) >= 11 is 13.4. The fourth-order valence-electron chi connectivity index (χ4n) is 1.69. The summed E-state index contributed by atoms with van der Waals surface area (Å²) in [6.45, 7) is 4.58. The van der Waals surface area contributed by atoms with E-state index >= 15 is 0 Å². The van der Waals surface area contributed by atoms with Crippen molar-refractivity contribution in [2.45, 2.75) is 17.1 Å². The lowest BCUT2D eigenvalue weighted by Gasteiger charge is -2.27. The van der Waals surface area contributed by atoms with E-state index in [1.165, 1.54) is 11.8 Å². The van der Waals surface area contributed by atoms with Crippen molar-refractivity contribution in [3.63, 3.8) is 0 Å². The van der Waals surface area contributed by atoms with E-state index in [9.17, 15) is 4.79 Å². The molecule has 3 nitrogen and oxygen atoms in total. The summed E-state index contributed by atoms with van der Waals surface area (Å²) in [5.41, 5.74) is 0. The first kappa shape index (κ1) is 17.9. The molecule has 0 saturated carbocycles. The average molecular weight is 356 g/mol. The van der Waals surface area contributed by atoms with Gasteiger partial charge in [-0.05, 0) is 25.1 Å². The predicted octanol–water partition coefficient (Wildman–Crippen LogP) is 3.23. The van der Waals surface area contributed by atoms with Crippen LogP contribution in [0.15, 0.2) is 23.1 Å². The van der Waals surface area contributed by atoms with Crippen molar-refractivity contribution in [1.29, 1.82) is 0 Å². The van der Waals surface area contributed by atoms with Crippen LogP contribution in [0.25, 0.3) is 0 Å². The van der Waals surface area contributed by atoms with Crippen LogP contribution in [-0.4, -0.2) is 30.8 Å². The third kappa shape index (κ3) is 5.01. The largest absolute Gasteiger partial charge is 0.355 e. The van der Waals surface area contributed by atoms with Crippen LogP contribution in [0.4, 0.5) is 0 Å². The quantitative estimate of drug-likeness (QED) is 0.797. The van der Waals surface area contributed by atoms with Crippen molar-refractivity contribution < 1.29 is 4.79 Å². The minimum Gasteiger partial charge on any atom is -0.355 e. The van der Waals surface area contributed by atoms with Crippen LogP contribution in [0.1, 0.15) is 6.92 Å². The number of carbonyl (C=O) groups excluding carboxylic acids is 1. The summed E-state index contributed by atoms with van der Waals surface area (Å²) < 4.78 is 0. The third-order valence-electron chi connectivity index (χ3n) is 3.00. The minimum atomic E-state index is -0.191. The Hall–Kier alpha value is -0.130. The van der Waals surface area contributed by atoms with Crippen LogP contribution in [0, 0.1) is 5.92 Å². The Morgan fingerprint density at radius 3 is 2.80 bits per heavy atom. The highest BCUT2D eigenvalue weighted by atomic mass is 35.5. The molecule has 1 saturated heterocycles. The second-order valence-electron chi connectivity index (χ2n) is 4.60. The normalized spacial score (nSPS) is 15.9. The molecule has 2 rings (SSSR count). The van der Waals surface area contributed by atoms with Gasteiger partial charge in [-0.2, -0.15) is 0 Å². The fourth-order valence-corrected chi connectivity index (χ4v) is 3.13. The van der Waals surface area contributed by atoms with Crippen molar-refractivity contribution in [2.24, 2.45) is 5.92 Å². The minimum absolute atomic E-state index is 0. The van der Waals surface area contributed by atoms with Crippen molar-refractivity contribution >= 4 is 53.3 Å². The van der Waals surface area contributed by atoms with Crippen molar-refractivity contribution in [3.05, 3.63) is 28.2 Å². The molecule has 1 aliphatic rings. The number of nitrogens with one attached hydrogen (secondary N) is 2. The second-order valence-corrected chi connectivity index (χ2v) is 6.83. The van der Waals surface area contributed by atoms with Crippen molar-refractivity contribution in [2.75, 3.05) is 19.6 Å². The Morgan fingerprint density at radius 1 is 1.50 bits per heavy atom. The van der Waals surface area contributed by atoms with Gasteiger partial charge in [-0.1, -0.05) is 23.2 Å². The molecule has 1 aromatic rings. The molecule has 1 unspecified atom stereocenters. The molecular weight excluding hydrogens is 339 g/mol. The van der Waals surface area contributed by atoms with Gasteiger partial charge in [0.2, 0.25) is 5.91 Å². The number of carbonyl (C=O) groups is 1. The summed E-state index contributed by atoms with van der Waals surface area (Å²) in [7, 11) is 0. The number of amides is 1. The zero-order chi connectivity index (χ0) is 13.8. The highest BCUT2D eigenvalue weighted by molar-refractivity contribution is 8.00. The van der Waals surface area contributed by atoms with E-state index < -0.39 is 0 Å². The van der Waals surface area contributed by atoms with E-state index in [1.54, 1.807) is 18.2 Å². The van der Waals surface area contributed by atoms with Gasteiger partial charge in [0.25, 0.3) is 0 Å². The Labute approximate surface area is 139 Å². The second kappa shape index (κ2) is 8.35. The maximum absolute atomic E-state index is 12.0. The first-order valence-corrected chi connectivity index (χ1v) is 7.80. The van der Waals surface area contributed by atoms with Crippen LogP contribution < -0.4 is 10.6 Å². The lowest BCUT2D eigenvalue weighted by atomic mass is 10.0. The molecule has 0 aliphatic carbocycles. The summed E-state index contributed by atoms with van der Waals surface area (Å²) in [5.74, 6) is 0.601. The molecule has 1 heterocycles. The molecule has 7 heteroatoms. The predicted molar refractivity (Wildman–Crippen MR) is 88.4 cm³/mol. The van der Waals surface area contributed by atoms with Crippen LogP contribution in [0.3, 0.4) is 0 Å². The van der Waals surface area contributed by atoms with Crippen LogP contribution in [-0.2, 0) is 4.79 Å². The van der Waals surface area contributed by atoms with E-state index in [0.29, 0.717) is 16.0 Å². The maximum Gasteiger partial charge on any atom is 0.233 e. The van der Waals surface area contributed by atoms with E-state index in [-0.39, 0.29) is 23.6 Å². The van der Waals surface area contributed by atoms with Crippen molar-refractivity contribution in [3.8, 4) is 0 Å². The topological polar surface area (TPSA) is 41.1 Å². The molecule has 0 spiro atoms. The van der Waals surface area contributed by atoms with E-state index in [0.717, 1.165) is 24.5 Å². The molecule has 1 aromatic carbocycles. The van der Waals surface area contributed by atoms with Gasteiger partial charge in [-0.15, -0.1) is 24.2 Å². The number of hydrogen-bond donors (Lipinski definition) is 2. The van der Waals surface area contributed by atoms with Gasteiger partial charge >= 0.3 is 0 Å². The molecular formula is C13H17Cl3N2OS. The lowest BCUT2D eigenvalue weighted by molar-refractivity contribution is -0.120. The molecule has 1 atom stereocenters. The maximum atomic E-state index is 12.0. The molecule has 0 aromatic heterocycles. The molecule has 20 heavy (non-hydrogen) atoms. The van der Waals surface area contributed by atoms with E-state index in [2.05, 4.69) is 10.6 Å². The van der Waals surface area contributed by atoms with E-state index in [1.807, 2.05) is 6.92 Å². The lowest BCUT2D eigenvalue weighted by Crippen LogP contribution is -2.49. The molecule has 1 fully saturated rings. The first-order chi connectivity index (χ1) is 9.06. The molecule has 1 aliphatic heterocycles. The molecule has 0 bridgehead atoms. The highest BCUT2D eigenvalue weighted by Crippen LogP contribution is 2.32. The van der Waals surface area contributed by atoms with Crippen molar-refractivity contribution in [1.82, 2.24) is 10.6 Å². The molecule has 2 N–H and O–H groups in total. The first-order valence-electron chi connectivity index (χ1n) is 6.16. The summed E-state index contributed by atoms with van der Waals surface area (Å²) in [6, 6.07) is 5.27. The van der Waals surface area contributed by atoms with E-state index in [4.69, 9.17) is 23.2 Å². The number of thioether (sulfide) groups is 1. The van der Waals surface area contributed by atoms with Gasteiger partial charge in [-0.3, -0.25) is 4.79 Å². The standard InChI is InChI=1S/C13H16Cl2N2OS.ClH/c1-8(13(18)17-7-9-5-16-6-9)19-12-4-10(14)2-3-11(12)15;/h2-4,8-9,16H,5-7H2,1H3,(H,17,18);1H. The van der Waals surface area contributed by atoms with Gasteiger partial charge < -0.3 is 10.6 Å². The van der Waals surface area contributed by atoms with Gasteiger partial charge in [0, 0.05) is 35.5 Å². The summed E-state index contributed by atoms with van der Waals surface area (Å²) in [6.07, 6.45) is 0. The van der Waals surface area contributed by atoms with Crippen LogP contribution >= 0.6 is 47.4 Å². The number of rotatable bonds is 5. The van der Waals surface area contributed by atoms with Gasteiger partial charge in [0.15, 0.2) is 0 Å².